The summed E-state index contributed by atoms with van der Waals surface area (Å²) in [7, 11) is 0. The van der Waals surface area contributed by atoms with E-state index >= 15 is 0 Å². The Morgan fingerprint density at radius 2 is 1.94 bits per heavy atom. The van der Waals surface area contributed by atoms with Gasteiger partial charge in [0.15, 0.2) is 5.11 Å². The highest BCUT2D eigenvalue weighted by atomic mass is 35.5. The monoisotopic (exact) mass is 283 g/mol. The quantitative estimate of drug-likeness (QED) is 0.494. The van der Waals surface area contributed by atoms with Crippen molar-refractivity contribution in [1.82, 2.24) is 10.7 Å². The maximum absolute atomic E-state index is 5.88. The standard InChI is InChI=1S/C13H18ClN3S/c1-3-5-12(16-17-13(18)15-4-2)10-6-8-11(14)9-7-10/h6-9H,3-5H2,1-2H3,(H2,15,17,18)/b16-12-. The van der Waals surface area contributed by atoms with Crippen molar-refractivity contribution < 1.29 is 0 Å². The Morgan fingerprint density at radius 3 is 2.50 bits per heavy atom. The Morgan fingerprint density at radius 1 is 1.28 bits per heavy atom. The zero-order chi connectivity index (χ0) is 13.4. The lowest BCUT2D eigenvalue weighted by atomic mass is 10.1. The third-order valence-electron chi connectivity index (χ3n) is 2.29. The SMILES string of the molecule is CCC/C(=N/NC(=S)NCC)c1ccc(Cl)cc1. The molecule has 0 unspecified atom stereocenters. The highest BCUT2D eigenvalue weighted by molar-refractivity contribution is 7.80. The van der Waals surface area contributed by atoms with Crippen LogP contribution in [0.1, 0.15) is 32.3 Å². The molecule has 0 saturated carbocycles. The molecule has 0 spiro atoms. The van der Waals surface area contributed by atoms with Gasteiger partial charge in [-0.25, -0.2) is 0 Å². The summed E-state index contributed by atoms with van der Waals surface area (Å²) in [5.41, 5.74) is 4.90. The molecule has 0 aliphatic heterocycles. The number of hydrazone groups is 1. The molecule has 0 bridgehead atoms. The van der Waals surface area contributed by atoms with E-state index in [9.17, 15) is 0 Å². The van der Waals surface area contributed by atoms with Crippen LogP contribution in [0.5, 0.6) is 0 Å². The molecule has 0 aromatic heterocycles. The Labute approximate surface area is 119 Å². The molecule has 0 saturated heterocycles. The van der Waals surface area contributed by atoms with E-state index in [2.05, 4.69) is 22.8 Å². The van der Waals surface area contributed by atoms with Gasteiger partial charge in [0.05, 0.1) is 5.71 Å². The van der Waals surface area contributed by atoms with Gasteiger partial charge in [-0.1, -0.05) is 37.1 Å². The van der Waals surface area contributed by atoms with Gasteiger partial charge in [-0.2, -0.15) is 5.10 Å². The topological polar surface area (TPSA) is 36.4 Å². The third kappa shape index (κ3) is 5.02. The van der Waals surface area contributed by atoms with Crippen LogP contribution < -0.4 is 10.7 Å². The first-order valence-electron chi connectivity index (χ1n) is 6.03. The van der Waals surface area contributed by atoms with E-state index in [1.165, 1.54) is 0 Å². The van der Waals surface area contributed by atoms with Crippen LogP contribution in [0.25, 0.3) is 0 Å². The minimum Gasteiger partial charge on any atom is -0.362 e. The van der Waals surface area contributed by atoms with Gasteiger partial charge in [-0.3, -0.25) is 5.43 Å². The Bertz CT molecular complexity index is 415. The highest BCUT2D eigenvalue weighted by Gasteiger charge is 2.03. The average Bonchev–Trinajstić information content (AvgIpc) is 2.36. The van der Waals surface area contributed by atoms with E-state index < -0.39 is 0 Å². The van der Waals surface area contributed by atoms with Gasteiger partial charge in [0.1, 0.15) is 0 Å². The van der Waals surface area contributed by atoms with Crippen LogP contribution in [-0.2, 0) is 0 Å². The van der Waals surface area contributed by atoms with Gasteiger partial charge in [-0.05, 0) is 43.3 Å². The minimum absolute atomic E-state index is 0.542. The molecule has 0 aliphatic rings. The second-order valence-electron chi connectivity index (χ2n) is 3.79. The van der Waals surface area contributed by atoms with Crippen LogP contribution in [0.3, 0.4) is 0 Å². The highest BCUT2D eigenvalue weighted by Crippen LogP contribution is 2.12. The molecule has 0 radical (unpaired) electrons. The molecular formula is C13H18ClN3S. The Balaban J connectivity index is 2.78. The number of benzene rings is 1. The molecular weight excluding hydrogens is 266 g/mol. The fourth-order valence-electron chi connectivity index (χ4n) is 1.46. The van der Waals surface area contributed by atoms with Crippen LogP contribution in [0.4, 0.5) is 0 Å². The number of nitrogens with zero attached hydrogens (tertiary/aromatic N) is 1. The number of nitrogens with one attached hydrogen (secondary N) is 2. The van der Waals surface area contributed by atoms with Crippen molar-refractivity contribution in [2.45, 2.75) is 26.7 Å². The molecule has 18 heavy (non-hydrogen) atoms. The number of hydrogen-bond acceptors (Lipinski definition) is 2. The predicted octanol–water partition coefficient (Wildman–Crippen LogP) is 3.33. The second-order valence-corrected chi connectivity index (χ2v) is 4.63. The fourth-order valence-corrected chi connectivity index (χ4v) is 1.78. The minimum atomic E-state index is 0.542. The molecule has 3 nitrogen and oxygen atoms in total. The Kier molecular flexibility index (Phi) is 6.68. The van der Waals surface area contributed by atoms with Gasteiger partial charge in [0, 0.05) is 11.6 Å². The van der Waals surface area contributed by atoms with Crippen molar-refractivity contribution in [3.05, 3.63) is 34.9 Å². The van der Waals surface area contributed by atoms with E-state index in [1.807, 2.05) is 31.2 Å². The molecule has 2 N–H and O–H groups in total. The van der Waals surface area contributed by atoms with Crippen molar-refractivity contribution >= 4 is 34.6 Å². The van der Waals surface area contributed by atoms with E-state index in [-0.39, 0.29) is 0 Å². The average molecular weight is 284 g/mol. The molecule has 98 valence electrons. The van der Waals surface area contributed by atoms with Crippen LogP contribution in [0.15, 0.2) is 29.4 Å². The fraction of sp³-hybridized carbons (Fsp3) is 0.385. The third-order valence-corrected chi connectivity index (χ3v) is 2.78. The van der Waals surface area contributed by atoms with E-state index in [4.69, 9.17) is 23.8 Å². The largest absolute Gasteiger partial charge is 0.362 e. The summed E-state index contributed by atoms with van der Waals surface area (Å²) in [6, 6.07) is 7.67. The van der Waals surface area contributed by atoms with Crippen molar-refractivity contribution in [2.24, 2.45) is 5.10 Å². The summed E-state index contributed by atoms with van der Waals surface area (Å²) in [6.45, 7) is 4.89. The van der Waals surface area contributed by atoms with Crippen LogP contribution in [0.2, 0.25) is 5.02 Å². The van der Waals surface area contributed by atoms with Gasteiger partial charge >= 0.3 is 0 Å². The van der Waals surface area contributed by atoms with E-state index in [1.54, 1.807) is 0 Å². The van der Waals surface area contributed by atoms with Crippen molar-refractivity contribution in [1.29, 1.82) is 0 Å². The summed E-state index contributed by atoms with van der Waals surface area (Å²) in [5, 5.41) is 8.62. The maximum Gasteiger partial charge on any atom is 0.186 e. The van der Waals surface area contributed by atoms with Crippen molar-refractivity contribution in [3.63, 3.8) is 0 Å². The lowest BCUT2D eigenvalue weighted by molar-refractivity contribution is 0.889. The molecule has 1 rings (SSSR count). The first kappa shape index (κ1) is 14.9. The van der Waals surface area contributed by atoms with Gasteiger partial charge in [-0.15, -0.1) is 0 Å². The predicted molar refractivity (Wildman–Crippen MR) is 82.3 cm³/mol. The summed E-state index contributed by atoms with van der Waals surface area (Å²) >= 11 is 11.0. The first-order valence-corrected chi connectivity index (χ1v) is 6.82. The van der Waals surface area contributed by atoms with Gasteiger partial charge in [0.25, 0.3) is 0 Å². The smallest absolute Gasteiger partial charge is 0.186 e. The van der Waals surface area contributed by atoms with Crippen molar-refractivity contribution in [3.8, 4) is 0 Å². The summed E-state index contributed by atoms with van der Waals surface area (Å²) < 4.78 is 0. The molecule has 0 aliphatic carbocycles. The molecule has 1 aromatic rings. The maximum atomic E-state index is 5.88. The normalized spacial score (nSPS) is 11.2. The molecule has 0 fully saturated rings. The van der Waals surface area contributed by atoms with Crippen LogP contribution >= 0.6 is 23.8 Å². The summed E-state index contributed by atoms with van der Waals surface area (Å²) in [6.07, 6.45) is 1.92. The summed E-state index contributed by atoms with van der Waals surface area (Å²) in [5.74, 6) is 0. The molecule has 0 heterocycles. The molecule has 0 atom stereocenters. The van der Waals surface area contributed by atoms with Gasteiger partial charge < -0.3 is 5.32 Å². The van der Waals surface area contributed by atoms with Crippen LogP contribution in [-0.4, -0.2) is 17.4 Å². The number of hydrogen-bond donors (Lipinski definition) is 2. The zero-order valence-electron chi connectivity index (χ0n) is 10.7. The molecule has 5 heteroatoms. The molecule has 0 amide bonds. The second kappa shape index (κ2) is 8.06. The van der Waals surface area contributed by atoms with Crippen LogP contribution in [0, 0.1) is 0 Å². The summed E-state index contributed by atoms with van der Waals surface area (Å²) in [4.78, 5) is 0. The van der Waals surface area contributed by atoms with E-state index in [0.717, 1.165) is 35.7 Å². The number of halogens is 1. The lowest BCUT2D eigenvalue weighted by Crippen LogP contribution is -2.32. The van der Waals surface area contributed by atoms with Gasteiger partial charge in [0.2, 0.25) is 0 Å². The first-order chi connectivity index (χ1) is 8.67. The zero-order valence-corrected chi connectivity index (χ0v) is 12.2. The van der Waals surface area contributed by atoms with Crippen molar-refractivity contribution in [2.75, 3.05) is 6.54 Å². The number of thiocarbonyl (C=S) groups is 1. The van der Waals surface area contributed by atoms with E-state index in [0.29, 0.717) is 5.11 Å². The lowest BCUT2D eigenvalue weighted by Gasteiger charge is -2.08. The Hall–Kier alpha value is -1.13. The molecule has 1 aromatic carbocycles. The number of rotatable bonds is 5.